The highest BCUT2D eigenvalue weighted by atomic mass is 79.9. The number of hydrogen-bond donors (Lipinski definition) is 0. The highest BCUT2D eigenvalue weighted by Gasteiger charge is 2.35. The molecule has 0 aliphatic carbocycles. The summed E-state index contributed by atoms with van der Waals surface area (Å²) in [6, 6.07) is 23.6. The lowest BCUT2D eigenvalue weighted by atomic mass is 10.0. The number of imide groups is 1. The molecule has 186 valence electrons. The molecule has 1 heterocycles. The van der Waals surface area contributed by atoms with E-state index in [2.05, 4.69) is 15.9 Å². The minimum atomic E-state index is -0.353. The van der Waals surface area contributed by atoms with Crippen LogP contribution in [0, 0.1) is 5.82 Å². The summed E-state index contributed by atoms with van der Waals surface area (Å²) in [7, 11) is 1.50. The molecule has 1 fully saturated rings. The third-order valence-electron chi connectivity index (χ3n) is 5.96. The van der Waals surface area contributed by atoms with Gasteiger partial charge in [0.2, 0.25) is 0 Å². The first-order chi connectivity index (χ1) is 17.9. The summed E-state index contributed by atoms with van der Waals surface area (Å²) in [6.07, 6.45) is 1.65. The molecule has 0 atom stereocenters. The summed E-state index contributed by atoms with van der Waals surface area (Å²) < 4.78 is 25.9. The van der Waals surface area contributed by atoms with E-state index in [9.17, 15) is 14.0 Å². The second-order valence-corrected chi connectivity index (χ2v) is 10.2. The van der Waals surface area contributed by atoms with Gasteiger partial charge in [-0.1, -0.05) is 60.7 Å². The Labute approximate surface area is 226 Å². The van der Waals surface area contributed by atoms with Gasteiger partial charge in [-0.25, -0.2) is 4.39 Å². The Morgan fingerprint density at radius 3 is 2.51 bits per heavy atom. The smallest absolute Gasteiger partial charge is 0.293 e. The van der Waals surface area contributed by atoms with Crippen LogP contribution in [0.4, 0.5) is 9.18 Å². The summed E-state index contributed by atoms with van der Waals surface area (Å²) in [4.78, 5) is 27.5. The fourth-order valence-corrected chi connectivity index (χ4v) is 5.53. The zero-order chi connectivity index (χ0) is 25.9. The first kappa shape index (κ1) is 25.0. The van der Waals surface area contributed by atoms with Crippen molar-refractivity contribution < 1.29 is 23.5 Å². The summed E-state index contributed by atoms with van der Waals surface area (Å²) in [6.45, 7) is 0.216. The van der Waals surface area contributed by atoms with Crippen LogP contribution in [0.25, 0.3) is 16.8 Å². The molecule has 5 rings (SSSR count). The normalized spacial score (nSPS) is 14.6. The fourth-order valence-electron chi connectivity index (χ4n) is 4.12. The van der Waals surface area contributed by atoms with Gasteiger partial charge in [-0.15, -0.1) is 0 Å². The average Bonchev–Trinajstić information content (AvgIpc) is 3.16. The lowest BCUT2D eigenvalue weighted by molar-refractivity contribution is -0.123. The van der Waals surface area contributed by atoms with E-state index >= 15 is 0 Å². The van der Waals surface area contributed by atoms with Crippen molar-refractivity contribution in [2.75, 3.05) is 7.11 Å². The Hall–Kier alpha value is -3.62. The standard InChI is InChI=1S/C29H21BrFNO4S/c1-35-25-14-18(13-23(30)27(25)36-17-21-8-3-5-12-24(21)31)15-26-28(33)32(29(34)37-26)16-20-10-6-9-19-7-2-4-11-22(19)20/h2-15H,16-17H2,1H3/b26-15-. The topological polar surface area (TPSA) is 55.8 Å². The molecule has 0 radical (unpaired) electrons. The van der Waals surface area contributed by atoms with Crippen LogP contribution in [0.1, 0.15) is 16.7 Å². The van der Waals surface area contributed by atoms with Crippen molar-refractivity contribution in [3.63, 3.8) is 0 Å². The zero-order valence-electron chi connectivity index (χ0n) is 19.7. The molecule has 0 bridgehead atoms. The molecule has 5 nitrogen and oxygen atoms in total. The van der Waals surface area contributed by atoms with Gasteiger partial charge in [-0.2, -0.15) is 0 Å². The number of halogens is 2. The summed E-state index contributed by atoms with van der Waals surface area (Å²) in [5.74, 6) is 0.116. The third-order valence-corrected chi connectivity index (χ3v) is 7.46. The van der Waals surface area contributed by atoms with Crippen LogP contribution in [0.5, 0.6) is 11.5 Å². The number of methoxy groups -OCH3 is 1. The molecule has 1 saturated heterocycles. The van der Waals surface area contributed by atoms with Crippen LogP contribution in [0.2, 0.25) is 0 Å². The van der Waals surface area contributed by atoms with Gasteiger partial charge in [-0.3, -0.25) is 14.5 Å². The zero-order valence-corrected chi connectivity index (χ0v) is 22.1. The number of fused-ring (bicyclic) bond motifs is 1. The first-order valence-electron chi connectivity index (χ1n) is 11.4. The van der Waals surface area contributed by atoms with Gasteiger partial charge >= 0.3 is 0 Å². The first-order valence-corrected chi connectivity index (χ1v) is 13.0. The van der Waals surface area contributed by atoms with E-state index in [0.29, 0.717) is 32.0 Å². The van der Waals surface area contributed by atoms with Gasteiger partial charge in [0.15, 0.2) is 11.5 Å². The van der Waals surface area contributed by atoms with Crippen LogP contribution in [0.15, 0.2) is 88.2 Å². The molecule has 4 aromatic carbocycles. The van der Waals surface area contributed by atoms with Gasteiger partial charge in [0, 0.05) is 5.56 Å². The molecule has 8 heteroatoms. The highest BCUT2D eigenvalue weighted by molar-refractivity contribution is 9.10. The van der Waals surface area contributed by atoms with Crippen molar-refractivity contribution in [1.82, 2.24) is 4.90 Å². The van der Waals surface area contributed by atoms with Crippen molar-refractivity contribution >= 4 is 55.7 Å². The number of amides is 2. The fraction of sp³-hybridized carbons (Fsp3) is 0.103. The number of benzene rings is 4. The number of hydrogen-bond acceptors (Lipinski definition) is 5. The Morgan fingerprint density at radius 1 is 0.973 bits per heavy atom. The van der Waals surface area contributed by atoms with Crippen LogP contribution >= 0.6 is 27.7 Å². The molecule has 0 saturated carbocycles. The Bertz CT molecular complexity index is 1550. The van der Waals surface area contributed by atoms with Crippen molar-refractivity contribution in [2.45, 2.75) is 13.2 Å². The Kier molecular flexibility index (Phi) is 7.30. The van der Waals surface area contributed by atoms with E-state index in [0.717, 1.165) is 28.1 Å². The number of carbonyl (C=O) groups is 2. The number of thioether (sulfide) groups is 1. The van der Waals surface area contributed by atoms with Gasteiger partial charge in [0.1, 0.15) is 12.4 Å². The Balaban J connectivity index is 1.37. The SMILES string of the molecule is COc1cc(/C=C2\SC(=O)N(Cc3cccc4ccccc34)C2=O)cc(Br)c1OCc1ccccc1F. The molecule has 0 unspecified atom stereocenters. The van der Waals surface area contributed by atoms with Gasteiger partial charge in [0.05, 0.1) is 23.0 Å². The maximum atomic E-state index is 14.0. The molecule has 0 aromatic heterocycles. The average molecular weight is 578 g/mol. The molecular formula is C29H21BrFNO4S. The van der Waals surface area contributed by atoms with E-state index in [1.165, 1.54) is 18.1 Å². The third kappa shape index (κ3) is 5.26. The second kappa shape index (κ2) is 10.8. The van der Waals surface area contributed by atoms with E-state index in [1.807, 2.05) is 42.5 Å². The van der Waals surface area contributed by atoms with Crippen LogP contribution in [0.3, 0.4) is 0 Å². The maximum Gasteiger partial charge on any atom is 0.293 e. The van der Waals surface area contributed by atoms with Gasteiger partial charge in [-0.05, 0) is 73.9 Å². The quantitative estimate of drug-likeness (QED) is 0.212. The predicted octanol–water partition coefficient (Wildman–Crippen LogP) is 7.57. The molecule has 0 N–H and O–H groups in total. The van der Waals surface area contributed by atoms with Gasteiger partial charge < -0.3 is 9.47 Å². The Morgan fingerprint density at radius 2 is 1.70 bits per heavy atom. The minimum Gasteiger partial charge on any atom is -0.493 e. The number of carbonyl (C=O) groups excluding carboxylic acids is 2. The number of nitrogens with zero attached hydrogens (tertiary/aromatic N) is 1. The summed E-state index contributed by atoms with van der Waals surface area (Å²) in [5.41, 5.74) is 1.97. The molecule has 1 aliphatic rings. The summed E-state index contributed by atoms with van der Waals surface area (Å²) >= 11 is 4.39. The minimum absolute atomic E-state index is 0.0219. The molecular weight excluding hydrogens is 557 g/mol. The molecule has 0 spiro atoms. The molecule has 4 aromatic rings. The van der Waals surface area contributed by atoms with Gasteiger partial charge in [0.25, 0.3) is 11.1 Å². The molecule has 37 heavy (non-hydrogen) atoms. The monoisotopic (exact) mass is 577 g/mol. The van der Waals surface area contributed by atoms with E-state index < -0.39 is 0 Å². The second-order valence-electron chi connectivity index (χ2n) is 8.32. The largest absolute Gasteiger partial charge is 0.493 e. The van der Waals surface area contributed by atoms with Crippen molar-refractivity contribution in [3.05, 3.63) is 111 Å². The van der Waals surface area contributed by atoms with Crippen molar-refractivity contribution in [3.8, 4) is 11.5 Å². The van der Waals surface area contributed by atoms with E-state index in [1.54, 1.807) is 36.4 Å². The summed E-state index contributed by atoms with van der Waals surface area (Å²) in [5, 5.41) is 1.74. The molecule has 2 amide bonds. The lowest BCUT2D eigenvalue weighted by Gasteiger charge is -2.15. The van der Waals surface area contributed by atoms with E-state index in [4.69, 9.17) is 9.47 Å². The number of rotatable bonds is 7. The van der Waals surface area contributed by atoms with Crippen LogP contribution < -0.4 is 9.47 Å². The predicted molar refractivity (Wildman–Crippen MR) is 147 cm³/mol. The maximum absolute atomic E-state index is 14.0. The number of ether oxygens (including phenoxy) is 2. The van der Waals surface area contributed by atoms with Crippen LogP contribution in [-0.4, -0.2) is 23.2 Å². The van der Waals surface area contributed by atoms with Crippen molar-refractivity contribution in [2.24, 2.45) is 0 Å². The van der Waals surface area contributed by atoms with Crippen LogP contribution in [-0.2, 0) is 17.9 Å². The highest BCUT2D eigenvalue weighted by Crippen LogP contribution is 2.40. The molecule has 1 aliphatic heterocycles. The lowest BCUT2D eigenvalue weighted by Crippen LogP contribution is -2.27. The van der Waals surface area contributed by atoms with Crippen molar-refractivity contribution in [1.29, 1.82) is 0 Å². The van der Waals surface area contributed by atoms with E-state index in [-0.39, 0.29) is 30.1 Å².